The highest BCUT2D eigenvalue weighted by atomic mass is 19.4. The number of piperidine rings is 1. The predicted octanol–water partition coefficient (Wildman–Crippen LogP) is 6.42. The Labute approximate surface area is 220 Å². The lowest BCUT2D eigenvalue weighted by atomic mass is 10.0. The first-order valence-electron chi connectivity index (χ1n) is 13.0. The van der Waals surface area contributed by atoms with Crippen molar-refractivity contribution in [3.05, 3.63) is 71.4 Å². The summed E-state index contributed by atoms with van der Waals surface area (Å²) in [6, 6.07) is 15.0. The molecule has 6 nitrogen and oxygen atoms in total. The first-order chi connectivity index (χ1) is 18.2. The average molecular weight is 524 g/mol. The van der Waals surface area contributed by atoms with Crippen molar-refractivity contribution in [3.8, 4) is 11.5 Å². The molecule has 0 saturated carbocycles. The number of nitrogens with one attached hydrogen (secondary N) is 1. The number of hydrogen-bond donors (Lipinski definition) is 2. The fourth-order valence-electron chi connectivity index (χ4n) is 4.92. The van der Waals surface area contributed by atoms with E-state index < -0.39 is 11.7 Å². The van der Waals surface area contributed by atoms with Gasteiger partial charge in [-0.05, 0) is 73.7 Å². The number of hydrogen-bond acceptors (Lipinski definition) is 6. The van der Waals surface area contributed by atoms with Crippen LogP contribution in [0, 0.1) is 0 Å². The molecule has 0 unspecified atom stereocenters. The highest BCUT2D eigenvalue weighted by Gasteiger charge is 2.31. The maximum atomic E-state index is 12.8. The fourth-order valence-corrected chi connectivity index (χ4v) is 4.92. The Kier molecular flexibility index (Phi) is 7.29. The molecule has 0 atom stereocenters. The summed E-state index contributed by atoms with van der Waals surface area (Å²) in [6.45, 7) is 6.60. The van der Waals surface area contributed by atoms with Crippen LogP contribution in [0.3, 0.4) is 0 Å². The normalized spacial score (nSPS) is 15.1. The Morgan fingerprint density at radius 3 is 2.45 bits per heavy atom. The van der Waals surface area contributed by atoms with Crippen molar-refractivity contribution in [2.24, 2.45) is 0 Å². The van der Waals surface area contributed by atoms with Crippen molar-refractivity contribution in [3.63, 3.8) is 0 Å². The molecule has 1 aliphatic heterocycles. The van der Waals surface area contributed by atoms with Gasteiger partial charge in [0.2, 0.25) is 5.89 Å². The van der Waals surface area contributed by atoms with E-state index in [1.54, 1.807) is 0 Å². The third-order valence-corrected chi connectivity index (χ3v) is 7.10. The molecule has 38 heavy (non-hydrogen) atoms. The van der Waals surface area contributed by atoms with Crippen LogP contribution in [0.4, 0.5) is 24.7 Å². The fraction of sp³-hybridized carbons (Fsp3) is 0.379. The smallest absolute Gasteiger partial charge is 0.417 e. The van der Waals surface area contributed by atoms with E-state index in [1.165, 1.54) is 11.6 Å². The minimum atomic E-state index is -4.36. The summed E-state index contributed by atoms with van der Waals surface area (Å²) in [4.78, 5) is 10.7. The molecule has 0 amide bonds. The summed E-state index contributed by atoms with van der Waals surface area (Å²) in [5.74, 6) is 1.47. The molecule has 3 N–H and O–H groups in total. The van der Waals surface area contributed by atoms with E-state index in [9.17, 15) is 13.2 Å². The van der Waals surface area contributed by atoms with Crippen LogP contribution < -0.4 is 16.0 Å². The zero-order valence-corrected chi connectivity index (χ0v) is 21.6. The maximum absolute atomic E-state index is 12.8. The van der Waals surface area contributed by atoms with Gasteiger partial charge in [-0.1, -0.05) is 26.0 Å². The Morgan fingerprint density at radius 2 is 1.82 bits per heavy atom. The molecule has 5 rings (SSSR count). The molecular formula is C29H32F3N5O. The number of rotatable bonds is 7. The number of nitrogens with zero attached hydrogens (tertiary/aromatic N) is 3. The standard InChI is InChI=1S/C29H32F3N5O/c1-18(2)24-15-22(33)16-25-27(24)38-28(36-25)20-5-3-19(4-6-20)9-12-34-23-10-13-37(14-11-23)26-8-7-21(17-35-26)29(30,31)32/h3-8,15-18,23,34H,9-14,33H2,1-2H3. The third-order valence-electron chi connectivity index (χ3n) is 7.10. The van der Waals surface area contributed by atoms with Crippen LogP contribution in [0.25, 0.3) is 22.6 Å². The molecule has 0 bridgehead atoms. The van der Waals surface area contributed by atoms with Crippen LogP contribution in [0.2, 0.25) is 0 Å². The molecule has 3 heterocycles. The number of pyridine rings is 1. The molecule has 1 aliphatic rings. The van der Waals surface area contributed by atoms with Gasteiger partial charge in [0.15, 0.2) is 5.58 Å². The molecular weight excluding hydrogens is 491 g/mol. The monoisotopic (exact) mass is 523 g/mol. The van der Waals surface area contributed by atoms with E-state index >= 15 is 0 Å². The molecule has 9 heteroatoms. The molecule has 0 aliphatic carbocycles. The average Bonchev–Trinajstić information content (AvgIpc) is 3.32. The Hall–Kier alpha value is -3.59. The second kappa shape index (κ2) is 10.6. The van der Waals surface area contributed by atoms with Crippen molar-refractivity contribution < 1.29 is 17.6 Å². The summed E-state index contributed by atoms with van der Waals surface area (Å²) < 4.78 is 44.4. The second-order valence-electron chi connectivity index (χ2n) is 10.2. The van der Waals surface area contributed by atoms with E-state index in [4.69, 9.17) is 10.2 Å². The van der Waals surface area contributed by atoms with E-state index in [0.29, 0.717) is 23.4 Å². The summed E-state index contributed by atoms with van der Waals surface area (Å²) in [6.07, 6.45) is -0.722. The Bertz CT molecular complexity index is 1370. The number of anilines is 2. The quantitative estimate of drug-likeness (QED) is 0.272. The van der Waals surface area contributed by atoms with Crippen molar-refractivity contribution in [2.45, 2.75) is 51.2 Å². The van der Waals surface area contributed by atoms with Gasteiger partial charge in [-0.15, -0.1) is 0 Å². The van der Waals surface area contributed by atoms with Gasteiger partial charge in [-0.25, -0.2) is 9.97 Å². The van der Waals surface area contributed by atoms with Gasteiger partial charge >= 0.3 is 6.18 Å². The van der Waals surface area contributed by atoms with Gasteiger partial charge in [-0.2, -0.15) is 13.2 Å². The molecule has 2 aromatic heterocycles. The van der Waals surface area contributed by atoms with Crippen LogP contribution in [-0.4, -0.2) is 35.6 Å². The summed E-state index contributed by atoms with van der Waals surface area (Å²) in [5.41, 5.74) is 10.8. The topological polar surface area (TPSA) is 80.2 Å². The number of nitrogens with two attached hydrogens (primary N) is 1. The largest absolute Gasteiger partial charge is 0.436 e. The summed E-state index contributed by atoms with van der Waals surface area (Å²) >= 11 is 0. The van der Waals surface area contributed by atoms with E-state index in [0.717, 1.165) is 73.4 Å². The Morgan fingerprint density at radius 1 is 1.08 bits per heavy atom. The van der Waals surface area contributed by atoms with Gasteiger partial charge in [0.25, 0.3) is 0 Å². The van der Waals surface area contributed by atoms with Gasteiger partial charge in [0, 0.05) is 42.1 Å². The SMILES string of the molecule is CC(C)c1cc(N)cc2nc(-c3ccc(CCNC4CCN(c5ccc(C(F)(F)F)cn5)CC4)cc3)oc12. The van der Waals surface area contributed by atoms with Crippen molar-refractivity contribution in [1.82, 2.24) is 15.3 Å². The molecule has 0 radical (unpaired) electrons. The molecule has 1 fully saturated rings. The minimum absolute atomic E-state index is 0.283. The van der Waals surface area contributed by atoms with Crippen molar-refractivity contribution >= 4 is 22.6 Å². The lowest BCUT2D eigenvalue weighted by molar-refractivity contribution is -0.137. The van der Waals surface area contributed by atoms with Gasteiger partial charge < -0.3 is 20.4 Å². The number of alkyl halides is 3. The lowest BCUT2D eigenvalue weighted by Crippen LogP contribution is -2.43. The van der Waals surface area contributed by atoms with Gasteiger partial charge in [0.1, 0.15) is 11.3 Å². The minimum Gasteiger partial charge on any atom is -0.436 e. The van der Waals surface area contributed by atoms with E-state index in [1.807, 2.05) is 29.2 Å². The van der Waals surface area contributed by atoms with Crippen LogP contribution in [-0.2, 0) is 12.6 Å². The molecule has 4 aromatic rings. The number of nitrogen functional groups attached to an aromatic ring is 1. The van der Waals surface area contributed by atoms with Gasteiger partial charge in [-0.3, -0.25) is 0 Å². The number of fused-ring (bicyclic) bond motifs is 1. The highest BCUT2D eigenvalue weighted by Crippen LogP contribution is 2.32. The zero-order chi connectivity index (χ0) is 26.9. The van der Waals surface area contributed by atoms with Crippen LogP contribution in [0.5, 0.6) is 0 Å². The van der Waals surface area contributed by atoms with Gasteiger partial charge in [0.05, 0.1) is 5.56 Å². The number of aromatic nitrogens is 2. The van der Waals surface area contributed by atoms with Crippen molar-refractivity contribution in [2.75, 3.05) is 30.3 Å². The third kappa shape index (κ3) is 5.78. The zero-order valence-electron chi connectivity index (χ0n) is 21.6. The van der Waals surface area contributed by atoms with E-state index in [-0.39, 0.29) is 5.92 Å². The first kappa shape index (κ1) is 26.0. The lowest BCUT2D eigenvalue weighted by Gasteiger charge is -2.33. The van der Waals surface area contributed by atoms with E-state index in [2.05, 4.69) is 41.3 Å². The number of halogens is 3. The summed E-state index contributed by atoms with van der Waals surface area (Å²) in [7, 11) is 0. The number of oxazole rings is 1. The number of benzene rings is 2. The first-order valence-corrected chi connectivity index (χ1v) is 13.0. The van der Waals surface area contributed by atoms with Crippen molar-refractivity contribution in [1.29, 1.82) is 0 Å². The highest BCUT2D eigenvalue weighted by molar-refractivity contribution is 5.83. The molecule has 2 aromatic carbocycles. The van der Waals surface area contributed by atoms with Crippen LogP contribution in [0.15, 0.2) is 59.1 Å². The van der Waals surface area contributed by atoms with Crippen LogP contribution in [0.1, 0.15) is 49.3 Å². The predicted molar refractivity (Wildman–Crippen MR) is 144 cm³/mol. The molecule has 200 valence electrons. The van der Waals surface area contributed by atoms with Crippen LogP contribution >= 0.6 is 0 Å². The molecule has 1 saturated heterocycles. The second-order valence-corrected chi connectivity index (χ2v) is 10.2. The Balaban J connectivity index is 1.12. The molecule has 0 spiro atoms. The summed E-state index contributed by atoms with van der Waals surface area (Å²) in [5, 5.41) is 3.62. The maximum Gasteiger partial charge on any atom is 0.417 e.